The Morgan fingerprint density at radius 3 is 2.33 bits per heavy atom. The van der Waals surface area contributed by atoms with Crippen molar-refractivity contribution in [1.29, 1.82) is 0 Å². The molecule has 0 unspecified atom stereocenters. The van der Waals surface area contributed by atoms with E-state index in [-0.39, 0.29) is 0 Å². The Morgan fingerprint density at radius 2 is 1.44 bits per heavy atom. The van der Waals surface area contributed by atoms with Gasteiger partial charge in [0.2, 0.25) is 0 Å². The molecule has 1 rings (SSSR count). The van der Waals surface area contributed by atoms with Gasteiger partial charge >= 0.3 is 0 Å². The first-order valence-electron chi connectivity index (χ1n) is 3.32. The Morgan fingerprint density at radius 1 is 0.667 bits per heavy atom. The summed E-state index contributed by atoms with van der Waals surface area (Å²) in [5.41, 5.74) is 0. The Hall–Kier alpha value is -0.780. The Balaban J connectivity index is 2.43. The zero-order chi connectivity index (χ0) is 6.36. The molecule has 0 aliphatic heterocycles. The summed E-state index contributed by atoms with van der Waals surface area (Å²) in [7, 11) is 0. The predicted octanol–water partition coefficient (Wildman–Crippen LogP) is 2.65. The molecule has 9 heavy (non-hydrogen) atoms. The summed E-state index contributed by atoms with van der Waals surface area (Å²) in [6, 6.07) is 0. The number of allylic oxidation sites excluding steroid dienone is 6. The predicted molar refractivity (Wildman–Crippen MR) is 41.0 cm³/mol. The van der Waals surface area contributed by atoms with Gasteiger partial charge in [0, 0.05) is 6.42 Å². The summed E-state index contributed by atoms with van der Waals surface area (Å²) in [6.45, 7) is 0. The van der Waals surface area contributed by atoms with Gasteiger partial charge in [0.25, 0.3) is 0 Å². The molecule has 0 heteroatoms. The summed E-state index contributed by atoms with van der Waals surface area (Å²) < 4.78 is 0. The lowest BCUT2D eigenvalue weighted by Gasteiger charge is -1.81. The molecule has 0 aromatic heterocycles. The summed E-state index contributed by atoms with van der Waals surface area (Å²) in [4.78, 5) is 0. The maximum atomic E-state index is 2.18. The SMILES string of the molecule is [CH]1/C=C\C=C/CC/C=C\1. The largest absolute Gasteiger partial charge is 0.0876 e. The molecule has 0 atom stereocenters. The fraction of sp³-hybridized carbons (Fsp3) is 0.222. The minimum absolute atomic E-state index is 1.16. The van der Waals surface area contributed by atoms with Crippen LogP contribution < -0.4 is 0 Å². The van der Waals surface area contributed by atoms with E-state index < -0.39 is 0 Å². The van der Waals surface area contributed by atoms with Crippen LogP contribution in [0.15, 0.2) is 36.5 Å². The molecule has 0 nitrogen and oxygen atoms in total. The smallest absolute Gasteiger partial charge is 0.00473 e. The highest BCUT2D eigenvalue weighted by Gasteiger charge is 1.77. The molecule has 1 radical (unpaired) electrons. The normalized spacial score (nSPS) is 29.3. The molecule has 0 fully saturated rings. The van der Waals surface area contributed by atoms with Crippen LogP contribution >= 0.6 is 0 Å². The van der Waals surface area contributed by atoms with E-state index in [4.69, 9.17) is 0 Å². The van der Waals surface area contributed by atoms with Crippen LogP contribution in [0.5, 0.6) is 0 Å². The van der Waals surface area contributed by atoms with Crippen molar-refractivity contribution in [3.8, 4) is 0 Å². The highest BCUT2D eigenvalue weighted by atomic mass is 13.8. The first-order chi connectivity index (χ1) is 4.50. The molecule has 0 saturated heterocycles. The van der Waals surface area contributed by atoms with Gasteiger partial charge in [-0.15, -0.1) is 0 Å². The van der Waals surface area contributed by atoms with Crippen molar-refractivity contribution < 1.29 is 0 Å². The molecule has 0 saturated carbocycles. The topological polar surface area (TPSA) is 0 Å². The van der Waals surface area contributed by atoms with Crippen LogP contribution in [0.1, 0.15) is 12.8 Å². The quantitative estimate of drug-likeness (QED) is 0.460. The first-order valence-corrected chi connectivity index (χ1v) is 3.32. The van der Waals surface area contributed by atoms with Crippen molar-refractivity contribution in [3.63, 3.8) is 0 Å². The number of hydrogen-bond acceptors (Lipinski definition) is 0. The van der Waals surface area contributed by atoms with Crippen LogP contribution in [0, 0.1) is 6.42 Å². The number of rotatable bonds is 0. The number of hydrogen-bond donors (Lipinski definition) is 0. The second-order valence-corrected chi connectivity index (χ2v) is 2.01. The highest BCUT2D eigenvalue weighted by Crippen LogP contribution is 1.97. The summed E-state index contributed by atoms with van der Waals surface area (Å²) >= 11 is 0. The van der Waals surface area contributed by atoms with E-state index in [1.165, 1.54) is 0 Å². The van der Waals surface area contributed by atoms with Crippen molar-refractivity contribution >= 4 is 0 Å². The van der Waals surface area contributed by atoms with E-state index in [1.807, 2.05) is 6.08 Å². The second-order valence-electron chi connectivity index (χ2n) is 2.01. The maximum Gasteiger partial charge on any atom is 0.00473 e. The van der Waals surface area contributed by atoms with Crippen LogP contribution in [-0.4, -0.2) is 0 Å². The monoisotopic (exact) mass is 119 g/mol. The van der Waals surface area contributed by atoms with Gasteiger partial charge in [-0.1, -0.05) is 36.5 Å². The molecule has 47 valence electrons. The summed E-state index contributed by atoms with van der Waals surface area (Å²) in [5.74, 6) is 0. The molecule has 0 spiro atoms. The molecule has 0 aromatic rings. The van der Waals surface area contributed by atoms with Crippen molar-refractivity contribution in [2.75, 3.05) is 0 Å². The summed E-state index contributed by atoms with van der Waals surface area (Å²) in [5, 5.41) is 0. The minimum atomic E-state index is 1.16. The van der Waals surface area contributed by atoms with E-state index in [9.17, 15) is 0 Å². The average molecular weight is 119 g/mol. The van der Waals surface area contributed by atoms with Gasteiger partial charge in [0.05, 0.1) is 0 Å². The Labute approximate surface area is 56.6 Å². The molecular weight excluding hydrogens is 108 g/mol. The van der Waals surface area contributed by atoms with E-state index in [0.29, 0.717) is 0 Å². The van der Waals surface area contributed by atoms with Gasteiger partial charge in [-0.2, -0.15) is 0 Å². The van der Waals surface area contributed by atoms with Crippen LogP contribution in [0.3, 0.4) is 0 Å². The molecule has 0 amide bonds. The highest BCUT2D eigenvalue weighted by molar-refractivity contribution is 5.15. The fourth-order valence-electron chi connectivity index (χ4n) is 0.734. The van der Waals surface area contributed by atoms with Crippen LogP contribution in [0.25, 0.3) is 0 Å². The van der Waals surface area contributed by atoms with Gasteiger partial charge in [0.15, 0.2) is 0 Å². The van der Waals surface area contributed by atoms with Gasteiger partial charge in [-0.3, -0.25) is 0 Å². The third-order valence-corrected chi connectivity index (χ3v) is 1.22. The van der Waals surface area contributed by atoms with Crippen molar-refractivity contribution in [1.82, 2.24) is 0 Å². The second kappa shape index (κ2) is 4.13. The van der Waals surface area contributed by atoms with Crippen molar-refractivity contribution in [2.45, 2.75) is 12.8 Å². The molecule has 0 heterocycles. The Bertz CT molecular complexity index is 138. The lowest BCUT2D eigenvalue weighted by molar-refractivity contribution is 1.05. The van der Waals surface area contributed by atoms with E-state index >= 15 is 0 Å². The zero-order valence-electron chi connectivity index (χ0n) is 5.46. The van der Waals surface area contributed by atoms with Gasteiger partial charge in [-0.25, -0.2) is 0 Å². The fourth-order valence-corrected chi connectivity index (χ4v) is 0.734. The summed E-state index contributed by atoms with van der Waals surface area (Å²) in [6.07, 6.45) is 17.0. The van der Waals surface area contributed by atoms with Crippen molar-refractivity contribution in [2.24, 2.45) is 0 Å². The molecule has 0 N–H and O–H groups in total. The minimum Gasteiger partial charge on any atom is -0.0876 e. The average Bonchev–Trinajstić information content (AvgIpc) is 2.00. The zero-order valence-corrected chi connectivity index (χ0v) is 5.46. The Kier molecular flexibility index (Phi) is 2.91. The first kappa shape index (κ1) is 6.34. The molecule has 1 aliphatic rings. The van der Waals surface area contributed by atoms with E-state index in [2.05, 4.69) is 36.8 Å². The lowest BCUT2D eigenvalue weighted by atomic mass is 10.3. The maximum absolute atomic E-state index is 2.18. The van der Waals surface area contributed by atoms with Crippen molar-refractivity contribution in [3.05, 3.63) is 42.9 Å². The van der Waals surface area contributed by atoms with Crippen LogP contribution in [-0.2, 0) is 0 Å². The lowest BCUT2D eigenvalue weighted by Crippen LogP contribution is -1.61. The standard InChI is InChI=1S/C9H11/c1-2-4-6-8-9-7-5-3-1/h1-7H,8-9H2/b2-1-,6-4-,7-5-. The molecule has 0 bridgehead atoms. The molecular formula is C9H11. The van der Waals surface area contributed by atoms with E-state index in [0.717, 1.165) is 12.8 Å². The van der Waals surface area contributed by atoms with Gasteiger partial charge < -0.3 is 0 Å². The van der Waals surface area contributed by atoms with E-state index in [1.54, 1.807) is 0 Å². The van der Waals surface area contributed by atoms with Gasteiger partial charge in [0.1, 0.15) is 0 Å². The third kappa shape index (κ3) is 2.91. The molecule has 0 aromatic carbocycles. The molecule has 1 aliphatic carbocycles. The van der Waals surface area contributed by atoms with Crippen LogP contribution in [0.4, 0.5) is 0 Å². The van der Waals surface area contributed by atoms with Crippen LogP contribution in [0.2, 0.25) is 0 Å². The third-order valence-electron chi connectivity index (χ3n) is 1.22. The van der Waals surface area contributed by atoms with Gasteiger partial charge in [-0.05, 0) is 12.8 Å².